The average molecular weight is 401 g/mol. The van der Waals surface area contributed by atoms with E-state index in [1.807, 2.05) is 24.3 Å². The first-order chi connectivity index (χ1) is 11.7. The highest BCUT2D eigenvalue weighted by Crippen LogP contribution is 2.20. The molecule has 142 valence electrons. The van der Waals surface area contributed by atoms with Crippen molar-refractivity contribution in [3.8, 4) is 0 Å². The number of halogens is 2. The van der Waals surface area contributed by atoms with Crippen LogP contribution in [0.2, 0.25) is 0 Å². The van der Waals surface area contributed by atoms with Crippen LogP contribution in [0.3, 0.4) is 0 Å². The summed E-state index contributed by atoms with van der Waals surface area (Å²) in [4.78, 5) is 28.4. The Kier molecular flexibility index (Phi) is 8.74. The van der Waals surface area contributed by atoms with Crippen molar-refractivity contribution in [2.24, 2.45) is 5.73 Å². The zero-order valence-electron chi connectivity index (χ0n) is 14.0. The summed E-state index contributed by atoms with van der Waals surface area (Å²) in [6, 6.07) is 9.30. The third-order valence-electron chi connectivity index (χ3n) is 3.99. The van der Waals surface area contributed by atoms with E-state index in [4.69, 9.17) is 10.5 Å². The van der Waals surface area contributed by atoms with Gasteiger partial charge in [0.05, 0.1) is 23.9 Å². The third-order valence-corrected chi connectivity index (χ3v) is 3.99. The maximum Gasteiger partial charge on any atom is 0.249 e. The van der Waals surface area contributed by atoms with Crippen LogP contribution in [0.5, 0.6) is 0 Å². The Morgan fingerprint density at radius 1 is 1.19 bits per heavy atom. The number of pyridine rings is 1. The minimum atomic E-state index is -0.523. The molecule has 0 saturated carbocycles. The Labute approximate surface area is 163 Å². The topological polar surface area (TPSA) is 106 Å². The average Bonchev–Trinajstić information content (AvgIpc) is 3.09. The number of carbonyl (C=O) groups excluding carboxylic acids is 2. The minimum absolute atomic E-state index is 0. The van der Waals surface area contributed by atoms with Gasteiger partial charge in [0.15, 0.2) is 0 Å². The number of rotatable bonds is 5. The molecule has 0 radical (unpaired) electrons. The number of anilines is 1. The van der Waals surface area contributed by atoms with Gasteiger partial charge in [0, 0.05) is 18.1 Å². The predicted octanol–water partition coefficient (Wildman–Crippen LogP) is 1.64. The highest BCUT2D eigenvalue weighted by atomic mass is 35.5. The summed E-state index contributed by atoms with van der Waals surface area (Å²) >= 11 is 0. The molecule has 1 aromatic carbocycles. The molecule has 1 fully saturated rings. The lowest BCUT2D eigenvalue weighted by atomic mass is 10.2. The van der Waals surface area contributed by atoms with Crippen LogP contribution in [0.15, 0.2) is 36.5 Å². The van der Waals surface area contributed by atoms with E-state index in [0.717, 1.165) is 11.8 Å². The number of para-hydroxylation sites is 1. The van der Waals surface area contributed by atoms with Gasteiger partial charge in [0.2, 0.25) is 11.8 Å². The second-order valence-corrected chi connectivity index (χ2v) is 5.71. The van der Waals surface area contributed by atoms with E-state index >= 15 is 0 Å². The number of nitrogens with one attached hydrogen (secondary N) is 2. The van der Waals surface area contributed by atoms with Gasteiger partial charge in [-0.3, -0.25) is 14.6 Å². The molecular formula is C17H22Cl2N4O3. The summed E-state index contributed by atoms with van der Waals surface area (Å²) in [5, 5.41) is 6.31. The number of carbonyl (C=O) groups is 2. The van der Waals surface area contributed by atoms with Crippen LogP contribution in [0.25, 0.3) is 10.9 Å². The lowest BCUT2D eigenvalue weighted by molar-refractivity contribution is -0.133. The molecule has 2 atom stereocenters. The number of hydrogen-bond donors (Lipinski definition) is 3. The molecule has 0 bridgehead atoms. The van der Waals surface area contributed by atoms with Gasteiger partial charge in [-0.05, 0) is 25.0 Å². The molecule has 1 aliphatic rings. The molecule has 1 saturated heterocycles. The SMILES string of the molecule is Cl.Cl.NC[C@H]1CC[C@@H](C(=O)NCC(=O)Nc2cccc3cccnc23)O1. The lowest BCUT2D eigenvalue weighted by Gasteiger charge is -2.13. The maximum absolute atomic E-state index is 12.1. The predicted molar refractivity (Wildman–Crippen MR) is 105 cm³/mol. The maximum atomic E-state index is 12.1. The summed E-state index contributed by atoms with van der Waals surface area (Å²) in [5.74, 6) is -0.591. The molecule has 7 nitrogen and oxygen atoms in total. The molecular weight excluding hydrogens is 379 g/mol. The fraction of sp³-hybridized carbons (Fsp3) is 0.353. The van der Waals surface area contributed by atoms with Gasteiger partial charge in [-0.1, -0.05) is 18.2 Å². The molecule has 4 N–H and O–H groups in total. The molecule has 3 rings (SSSR count). The molecule has 0 unspecified atom stereocenters. The van der Waals surface area contributed by atoms with Gasteiger partial charge in [-0.15, -0.1) is 24.8 Å². The zero-order valence-corrected chi connectivity index (χ0v) is 15.6. The second-order valence-electron chi connectivity index (χ2n) is 5.71. The summed E-state index contributed by atoms with van der Waals surface area (Å²) in [6.45, 7) is 0.285. The van der Waals surface area contributed by atoms with Gasteiger partial charge < -0.3 is 21.1 Å². The molecule has 1 aromatic heterocycles. The highest BCUT2D eigenvalue weighted by molar-refractivity contribution is 6.01. The number of nitrogens with two attached hydrogens (primary N) is 1. The fourth-order valence-electron chi connectivity index (χ4n) is 2.75. The van der Waals surface area contributed by atoms with Crippen molar-refractivity contribution in [1.82, 2.24) is 10.3 Å². The first-order valence-electron chi connectivity index (χ1n) is 7.94. The third kappa shape index (κ3) is 5.28. The Morgan fingerprint density at radius 2 is 1.96 bits per heavy atom. The Bertz CT molecular complexity index is 754. The molecule has 2 aromatic rings. The van der Waals surface area contributed by atoms with E-state index in [0.29, 0.717) is 24.2 Å². The summed E-state index contributed by atoms with van der Waals surface area (Å²) in [5.41, 5.74) is 6.85. The quantitative estimate of drug-likeness (QED) is 0.706. The molecule has 9 heteroatoms. The van der Waals surface area contributed by atoms with E-state index in [-0.39, 0.29) is 49.3 Å². The summed E-state index contributed by atoms with van der Waals surface area (Å²) in [7, 11) is 0. The van der Waals surface area contributed by atoms with Crippen LogP contribution in [0.4, 0.5) is 5.69 Å². The standard InChI is InChI=1S/C17H20N4O3.2ClH/c18-9-12-6-7-14(24-12)17(23)20-10-15(22)21-13-5-1-3-11-4-2-8-19-16(11)13;;/h1-5,8,12,14H,6-7,9-10,18H2,(H,20,23)(H,21,22);2*1H/t12-,14+;;/m1../s1. The molecule has 26 heavy (non-hydrogen) atoms. The van der Waals surface area contributed by atoms with Crippen LogP contribution in [-0.2, 0) is 14.3 Å². The van der Waals surface area contributed by atoms with Crippen molar-refractivity contribution in [3.63, 3.8) is 0 Å². The van der Waals surface area contributed by atoms with Gasteiger partial charge >= 0.3 is 0 Å². The number of ether oxygens (including phenoxy) is 1. The van der Waals surface area contributed by atoms with Crippen molar-refractivity contribution < 1.29 is 14.3 Å². The van der Waals surface area contributed by atoms with Gasteiger partial charge in [0.1, 0.15) is 6.10 Å². The van der Waals surface area contributed by atoms with Crippen molar-refractivity contribution >= 4 is 53.2 Å². The summed E-state index contributed by atoms with van der Waals surface area (Å²) in [6.07, 6.45) is 2.47. The fourth-order valence-corrected chi connectivity index (χ4v) is 2.75. The first kappa shape index (κ1) is 22.1. The van der Waals surface area contributed by atoms with E-state index in [2.05, 4.69) is 15.6 Å². The van der Waals surface area contributed by atoms with Crippen LogP contribution < -0.4 is 16.4 Å². The minimum Gasteiger partial charge on any atom is -0.364 e. The van der Waals surface area contributed by atoms with Gasteiger partial charge in [-0.25, -0.2) is 0 Å². The number of hydrogen-bond acceptors (Lipinski definition) is 5. The van der Waals surface area contributed by atoms with E-state index in [1.165, 1.54) is 0 Å². The zero-order chi connectivity index (χ0) is 16.9. The van der Waals surface area contributed by atoms with Crippen LogP contribution >= 0.6 is 24.8 Å². The Balaban J connectivity index is 0.00000169. The number of aromatic nitrogens is 1. The largest absolute Gasteiger partial charge is 0.364 e. The smallest absolute Gasteiger partial charge is 0.249 e. The van der Waals surface area contributed by atoms with Crippen LogP contribution in [-0.4, -0.2) is 42.1 Å². The van der Waals surface area contributed by atoms with Gasteiger partial charge in [0.25, 0.3) is 0 Å². The molecule has 0 spiro atoms. The lowest BCUT2D eigenvalue weighted by Crippen LogP contribution is -2.39. The van der Waals surface area contributed by atoms with E-state index in [1.54, 1.807) is 12.3 Å². The Hall–Kier alpha value is -1.93. The van der Waals surface area contributed by atoms with Crippen molar-refractivity contribution in [2.45, 2.75) is 25.0 Å². The molecule has 1 aliphatic heterocycles. The molecule has 0 aliphatic carbocycles. The number of fused-ring (bicyclic) bond motifs is 1. The number of benzene rings is 1. The van der Waals surface area contributed by atoms with Crippen molar-refractivity contribution in [1.29, 1.82) is 0 Å². The molecule has 2 amide bonds. The summed E-state index contributed by atoms with van der Waals surface area (Å²) < 4.78 is 5.50. The van der Waals surface area contributed by atoms with Crippen molar-refractivity contribution in [2.75, 3.05) is 18.4 Å². The second kappa shape index (κ2) is 10.3. The van der Waals surface area contributed by atoms with Crippen molar-refractivity contribution in [3.05, 3.63) is 36.5 Å². The van der Waals surface area contributed by atoms with E-state index < -0.39 is 6.10 Å². The molecule has 2 heterocycles. The van der Waals surface area contributed by atoms with Gasteiger partial charge in [-0.2, -0.15) is 0 Å². The van der Waals surface area contributed by atoms with Crippen LogP contribution in [0, 0.1) is 0 Å². The monoisotopic (exact) mass is 400 g/mol. The first-order valence-corrected chi connectivity index (χ1v) is 7.94. The van der Waals surface area contributed by atoms with Crippen LogP contribution in [0.1, 0.15) is 12.8 Å². The number of nitrogens with zero attached hydrogens (tertiary/aromatic N) is 1. The number of amides is 2. The Morgan fingerprint density at radius 3 is 2.69 bits per heavy atom. The normalized spacial score (nSPS) is 18.5. The van der Waals surface area contributed by atoms with E-state index in [9.17, 15) is 9.59 Å². The highest BCUT2D eigenvalue weighted by Gasteiger charge is 2.29.